The third-order valence-electron chi connectivity index (χ3n) is 1.68. The fourth-order valence-electron chi connectivity index (χ4n) is 1.08. The number of halogens is 1. The standard InChI is InChI=1S/C10H10BrO3/c1-3-14-8-5-4-7(6-12)10(13-2)9(8)11/h4-5H,3H2,1-2H3. The van der Waals surface area contributed by atoms with Gasteiger partial charge in [-0.3, -0.25) is 4.79 Å². The Labute approximate surface area is 91.1 Å². The van der Waals surface area contributed by atoms with Gasteiger partial charge in [0.2, 0.25) is 6.29 Å². The fraction of sp³-hybridized carbons (Fsp3) is 0.300. The van der Waals surface area contributed by atoms with E-state index in [1.54, 1.807) is 18.4 Å². The highest BCUT2D eigenvalue weighted by atomic mass is 79.9. The van der Waals surface area contributed by atoms with Gasteiger partial charge in [-0.25, -0.2) is 0 Å². The zero-order valence-corrected chi connectivity index (χ0v) is 9.55. The molecule has 1 aromatic rings. The molecule has 0 amide bonds. The minimum atomic E-state index is 0.378. The molecule has 3 nitrogen and oxygen atoms in total. The Morgan fingerprint density at radius 3 is 2.71 bits per heavy atom. The van der Waals surface area contributed by atoms with Crippen LogP contribution in [0.4, 0.5) is 0 Å². The van der Waals surface area contributed by atoms with Gasteiger partial charge in [0.15, 0.2) is 0 Å². The average Bonchev–Trinajstić information content (AvgIpc) is 2.21. The summed E-state index contributed by atoms with van der Waals surface area (Å²) in [5.74, 6) is 1.11. The van der Waals surface area contributed by atoms with E-state index in [1.807, 2.05) is 6.92 Å². The van der Waals surface area contributed by atoms with Crippen molar-refractivity contribution in [2.45, 2.75) is 6.92 Å². The highest BCUT2D eigenvalue weighted by Crippen LogP contribution is 2.36. The second-order valence-corrected chi connectivity index (χ2v) is 3.29. The smallest absolute Gasteiger partial charge is 0.237 e. The molecule has 0 atom stereocenters. The molecule has 1 radical (unpaired) electrons. The summed E-state index contributed by atoms with van der Waals surface area (Å²) in [5.41, 5.74) is 0.378. The Kier molecular flexibility index (Phi) is 3.95. The second kappa shape index (κ2) is 5.00. The Bertz CT molecular complexity index is 336. The Morgan fingerprint density at radius 1 is 1.50 bits per heavy atom. The van der Waals surface area contributed by atoms with Gasteiger partial charge < -0.3 is 9.47 Å². The number of ether oxygens (including phenoxy) is 2. The molecule has 0 spiro atoms. The first kappa shape index (κ1) is 11.0. The van der Waals surface area contributed by atoms with E-state index in [0.717, 1.165) is 0 Å². The van der Waals surface area contributed by atoms with Crippen LogP contribution in [0.3, 0.4) is 0 Å². The van der Waals surface area contributed by atoms with Gasteiger partial charge in [-0.1, -0.05) is 0 Å². The minimum Gasteiger partial charge on any atom is -0.495 e. The number of carbonyl (C=O) groups excluding carboxylic acids is 1. The van der Waals surface area contributed by atoms with Gasteiger partial charge in [-0.15, -0.1) is 0 Å². The summed E-state index contributed by atoms with van der Waals surface area (Å²) in [7, 11) is 1.50. The van der Waals surface area contributed by atoms with Crippen LogP contribution in [-0.2, 0) is 4.79 Å². The lowest BCUT2D eigenvalue weighted by Crippen LogP contribution is -1.97. The van der Waals surface area contributed by atoms with Crippen molar-refractivity contribution >= 4 is 22.2 Å². The van der Waals surface area contributed by atoms with Gasteiger partial charge >= 0.3 is 0 Å². The number of benzene rings is 1. The maximum atomic E-state index is 10.5. The van der Waals surface area contributed by atoms with Gasteiger partial charge in [-0.2, -0.15) is 0 Å². The van der Waals surface area contributed by atoms with Crippen molar-refractivity contribution in [2.24, 2.45) is 0 Å². The van der Waals surface area contributed by atoms with Crippen molar-refractivity contribution in [3.05, 3.63) is 22.2 Å². The molecule has 0 fully saturated rings. The third-order valence-corrected chi connectivity index (χ3v) is 2.43. The van der Waals surface area contributed by atoms with Crippen LogP contribution < -0.4 is 9.47 Å². The first-order valence-corrected chi connectivity index (χ1v) is 4.91. The molecule has 1 aromatic carbocycles. The molecular formula is C10H10BrO3. The second-order valence-electron chi connectivity index (χ2n) is 2.49. The molecular weight excluding hydrogens is 248 g/mol. The van der Waals surface area contributed by atoms with Crippen molar-refractivity contribution in [3.8, 4) is 11.5 Å². The molecule has 0 saturated carbocycles. The van der Waals surface area contributed by atoms with Crippen LogP contribution in [-0.4, -0.2) is 20.0 Å². The molecule has 4 heteroatoms. The predicted octanol–water partition coefficient (Wildman–Crippen LogP) is 2.31. The SMILES string of the molecule is CCOc1ccc([C]=O)c(OC)c1Br. The summed E-state index contributed by atoms with van der Waals surface area (Å²) in [4.78, 5) is 10.5. The molecule has 0 aliphatic heterocycles. The first-order chi connectivity index (χ1) is 6.74. The topological polar surface area (TPSA) is 35.5 Å². The van der Waals surface area contributed by atoms with Gasteiger partial charge in [0.1, 0.15) is 16.0 Å². The van der Waals surface area contributed by atoms with Gasteiger partial charge in [0, 0.05) is 0 Å². The van der Waals surface area contributed by atoms with Crippen LogP contribution in [0.2, 0.25) is 0 Å². The number of methoxy groups -OCH3 is 1. The van der Waals surface area contributed by atoms with Crippen molar-refractivity contribution in [3.63, 3.8) is 0 Å². The summed E-state index contributed by atoms with van der Waals surface area (Å²) in [6.07, 6.45) is 1.80. The van der Waals surface area contributed by atoms with E-state index < -0.39 is 0 Å². The molecule has 1 rings (SSSR count). The monoisotopic (exact) mass is 257 g/mol. The highest BCUT2D eigenvalue weighted by molar-refractivity contribution is 9.10. The maximum Gasteiger partial charge on any atom is 0.237 e. The zero-order chi connectivity index (χ0) is 10.6. The van der Waals surface area contributed by atoms with Crippen LogP contribution in [0, 0.1) is 0 Å². The first-order valence-electron chi connectivity index (χ1n) is 4.12. The minimum absolute atomic E-state index is 0.378. The molecule has 0 N–H and O–H groups in total. The van der Waals surface area contributed by atoms with Crippen molar-refractivity contribution < 1.29 is 14.3 Å². The van der Waals surface area contributed by atoms with E-state index in [4.69, 9.17) is 9.47 Å². The van der Waals surface area contributed by atoms with E-state index >= 15 is 0 Å². The summed E-state index contributed by atoms with van der Waals surface area (Å²) in [6, 6.07) is 3.32. The lowest BCUT2D eigenvalue weighted by molar-refractivity contribution is 0.333. The normalized spacial score (nSPS) is 9.64. The number of hydrogen-bond donors (Lipinski definition) is 0. The molecule has 0 aliphatic carbocycles. The van der Waals surface area contributed by atoms with Gasteiger partial charge in [0.25, 0.3) is 0 Å². The van der Waals surface area contributed by atoms with E-state index in [9.17, 15) is 4.79 Å². The van der Waals surface area contributed by atoms with E-state index in [-0.39, 0.29) is 0 Å². The lowest BCUT2D eigenvalue weighted by atomic mass is 10.2. The molecule has 75 valence electrons. The summed E-state index contributed by atoms with van der Waals surface area (Å²) < 4.78 is 11.0. The van der Waals surface area contributed by atoms with Crippen LogP contribution in [0.1, 0.15) is 12.5 Å². The van der Waals surface area contributed by atoms with Crippen LogP contribution in [0.15, 0.2) is 16.6 Å². The third kappa shape index (κ3) is 2.07. The number of hydrogen-bond acceptors (Lipinski definition) is 3. The molecule has 0 aromatic heterocycles. The Hall–Kier alpha value is -1.03. The quantitative estimate of drug-likeness (QED) is 0.831. The van der Waals surface area contributed by atoms with Gasteiger partial charge in [0.05, 0.1) is 19.3 Å². The predicted molar refractivity (Wildman–Crippen MR) is 56.7 cm³/mol. The van der Waals surface area contributed by atoms with E-state index in [1.165, 1.54) is 7.11 Å². The van der Waals surface area contributed by atoms with Crippen molar-refractivity contribution in [1.82, 2.24) is 0 Å². The molecule has 0 aliphatic rings. The van der Waals surface area contributed by atoms with E-state index in [2.05, 4.69) is 15.9 Å². The van der Waals surface area contributed by atoms with Gasteiger partial charge in [-0.05, 0) is 35.0 Å². The fourth-order valence-corrected chi connectivity index (χ4v) is 1.71. The van der Waals surface area contributed by atoms with Crippen molar-refractivity contribution in [2.75, 3.05) is 13.7 Å². The lowest BCUT2D eigenvalue weighted by Gasteiger charge is -2.10. The number of rotatable bonds is 4. The molecule has 0 unspecified atom stereocenters. The molecule has 14 heavy (non-hydrogen) atoms. The van der Waals surface area contributed by atoms with E-state index in [0.29, 0.717) is 28.1 Å². The average molecular weight is 258 g/mol. The van der Waals surface area contributed by atoms with Crippen LogP contribution in [0.25, 0.3) is 0 Å². The summed E-state index contributed by atoms with van der Waals surface area (Å²) in [6.45, 7) is 2.45. The largest absolute Gasteiger partial charge is 0.495 e. The van der Waals surface area contributed by atoms with Crippen LogP contribution >= 0.6 is 15.9 Å². The maximum absolute atomic E-state index is 10.5. The summed E-state index contributed by atoms with van der Waals surface area (Å²) >= 11 is 3.31. The highest BCUT2D eigenvalue weighted by Gasteiger charge is 2.12. The zero-order valence-electron chi connectivity index (χ0n) is 7.96. The molecule has 0 saturated heterocycles. The van der Waals surface area contributed by atoms with Crippen LogP contribution in [0.5, 0.6) is 11.5 Å². The van der Waals surface area contributed by atoms with Crippen molar-refractivity contribution in [1.29, 1.82) is 0 Å². The molecule has 0 bridgehead atoms. The summed E-state index contributed by atoms with van der Waals surface area (Å²) in [5, 5.41) is 0. The Morgan fingerprint density at radius 2 is 2.21 bits per heavy atom. The molecule has 0 heterocycles. The Balaban J connectivity index is 3.20.